The molecule has 1 aliphatic heterocycles. The van der Waals surface area contributed by atoms with Crippen molar-refractivity contribution in [3.8, 4) is 11.5 Å². The number of pyridine rings is 2. The average molecular weight is 809 g/mol. The molecule has 3 aromatic rings. The Morgan fingerprint density at radius 1 is 0.897 bits per heavy atom. The van der Waals surface area contributed by atoms with Crippen LogP contribution in [0.4, 0.5) is 11.6 Å². The minimum atomic E-state index is -0.132. The maximum atomic E-state index is 13.9. The zero-order valence-corrected chi connectivity index (χ0v) is 35.6. The Hall–Kier alpha value is -4.55. The Bertz CT molecular complexity index is 1760. The molecule has 1 aliphatic rings. The number of carbonyl (C=O) groups excluding carboxylic acids is 3. The van der Waals surface area contributed by atoms with Gasteiger partial charge in [-0.25, -0.2) is 9.97 Å². The molecule has 0 fully saturated rings. The van der Waals surface area contributed by atoms with Crippen molar-refractivity contribution in [1.29, 1.82) is 0 Å². The van der Waals surface area contributed by atoms with E-state index < -0.39 is 0 Å². The summed E-state index contributed by atoms with van der Waals surface area (Å²) in [6.07, 6.45) is 2.23. The fraction of sp³-hybridized carbons (Fsp3) is 0.634. The summed E-state index contributed by atoms with van der Waals surface area (Å²) in [6, 6.07) is 7.69. The summed E-state index contributed by atoms with van der Waals surface area (Å²) >= 11 is 0. The topological polar surface area (TPSA) is 187 Å². The summed E-state index contributed by atoms with van der Waals surface area (Å²) in [4.78, 5) is 51.7. The number of fused-ring (bicyclic) bond motifs is 1. The molecule has 17 nitrogen and oxygen atoms in total. The third-order valence-electron chi connectivity index (χ3n) is 9.98. The molecule has 0 aromatic carbocycles. The summed E-state index contributed by atoms with van der Waals surface area (Å²) in [5, 5.41) is 17.6. The maximum absolute atomic E-state index is 13.9. The molecule has 58 heavy (non-hydrogen) atoms. The van der Waals surface area contributed by atoms with Gasteiger partial charge in [-0.3, -0.25) is 19.3 Å². The lowest BCUT2D eigenvalue weighted by molar-refractivity contribution is -0.124. The zero-order valence-electron chi connectivity index (χ0n) is 35.6. The predicted molar refractivity (Wildman–Crippen MR) is 222 cm³/mol. The third kappa shape index (κ3) is 14.1. The molecule has 3 amide bonds. The minimum absolute atomic E-state index is 0.0144. The number of aromatic nitrogens is 5. The number of hydrogen-bond donors (Lipinski definition) is 3. The van der Waals surface area contributed by atoms with E-state index in [9.17, 15) is 14.4 Å². The molecule has 4 rings (SSSR count). The van der Waals surface area contributed by atoms with Gasteiger partial charge in [-0.15, -0.1) is 10.2 Å². The van der Waals surface area contributed by atoms with Crippen molar-refractivity contribution in [2.75, 3.05) is 82.8 Å². The number of rotatable bonds is 26. The van der Waals surface area contributed by atoms with Crippen molar-refractivity contribution in [1.82, 2.24) is 40.7 Å². The Balaban J connectivity index is 1.09. The molecule has 0 radical (unpaired) electrons. The van der Waals surface area contributed by atoms with E-state index in [0.717, 1.165) is 11.3 Å². The third-order valence-corrected chi connectivity index (χ3v) is 9.98. The Labute approximate surface area is 342 Å². The minimum Gasteiger partial charge on any atom is -0.379 e. The highest BCUT2D eigenvalue weighted by atomic mass is 16.6. The van der Waals surface area contributed by atoms with E-state index in [4.69, 9.17) is 28.9 Å². The van der Waals surface area contributed by atoms with Gasteiger partial charge in [0.05, 0.1) is 70.7 Å². The molecule has 0 spiro atoms. The van der Waals surface area contributed by atoms with Gasteiger partial charge in [-0.05, 0) is 51.3 Å². The largest absolute Gasteiger partial charge is 0.379 e. The van der Waals surface area contributed by atoms with Gasteiger partial charge in [0.2, 0.25) is 11.8 Å². The number of ether oxygens (including phenoxy) is 4. The van der Waals surface area contributed by atoms with Crippen LogP contribution in [0.3, 0.4) is 0 Å². The molecule has 4 heterocycles. The number of amides is 3. The number of hydrogen-bond acceptors (Lipinski definition) is 13. The lowest BCUT2D eigenvalue weighted by atomic mass is 9.88. The van der Waals surface area contributed by atoms with Gasteiger partial charge in [0, 0.05) is 63.7 Å². The van der Waals surface area contributed by atoms with Crippen LogP contribution in [-0.4, -0.2) is 128 Å². The Morgan fingerprint density at radius 3 is 2.16 bits per heavy atom. The van der Waals surface area contributed by atoms with Crippen LogP contribution in [0.1, 0.15) is 82.9 Å². The van der Waals surface area contributed by atoms with E-state index in [1.54, 1.807) is 11.2 Å². The number of nitrogens with zero attached hydrogens (tertiary/aromatic N) is 7. The van der Waals surface area contributed by atoms with Crippen LogP contribution in [0.2, 0.25) is 0 Å². The Kier molecular flexibility index (Phi) is 18.4. The second-order valence-electron chi connectivity index (χ2n) is 15.5. The highest BCUT2D eigenvalue weighted by Crippen LogP contribution is 2.32. The molecule has 0 bridgehead atoms. The molecular weight excluding hydrogens is 745 g/mol. The second-order valence-corrected chi connectivity index (χ2v) is 15.5. The van der Waals surface area contributed by atoms with Gasteiger partial charge in [0.25, 0.3) is 5.91 Å². The monoisotopic (exact) mass is 808 g/mol. The van der Waals surface area contributed by atoms with Crippen LogP contribution < -0.4 is 25.8 Å². The van der Waals surface area contributed by atoms with Crippen molar-refractivity contribution in [3.63, 3.8) is 0 Å². The first kappa shape index (κ1) is 46.1. The lowest BCUT2D eigenvalue weighted by Crippen LogP contribution is -2.41. The SMILES string of the molecule is CCn1cnnc1-c1cccc(N2Cc3c(cc(N(C)C(C)C)nc3CNCCNC(=O)CCOCCOCCOCCOCCC(=O)N[C@H](C)C(C)(C)C)C2=O)n1. The summed E-state index contributed by atoms with van der Waals surface area (Å²) in [6.45, 7) is 19.9. The van der Waals surface area contributed by atoms with Crippen LogP contribution in [-0.2, 0) is 48.2 Å². The van der Waals surface area contributed by atoms with Gasteiger partial charge < -0.3 is 44.4 Å². The number of carbonyl (C=O) groups is 3. The number of anilines is 2. The van der Waals surface area contributed by atoms with Crippen LogP contribution >= 0.6 is 0 Å². The van der Waals surface area contributed by atoms with Gasteiger partial charge >= 0.3 is 0 Å². The van der Waals surface area contributed by atoms with Gasteiger partial charge in [0.1, 0.15) is 23.7 Å². The van der Waals surface area contributed by atoms with E-state index in [-0.39, 0.29) is 48.2 Å². The molecule has 1 atom stereocenters. The normalized spacial score (nSPS) is 13.3. The smallest absolute Gasteiger partial charge is 0.260 e. The average Bonchev–Trinajstić information content (AvgIpc) is 3.81. The fourth-order valence-corrected chi connectivity index (χ4v) is 5.72. The molecule has 0 unspecified atom stereocenters. The molecule has 0 aliphatic carbocycles. The standard InChI is InChI=1S/C41H64N10O7/c1-9-50-28-44-48-39(50)33-11-10-12-35(46-33)51-27-32-31(40(51)54)25-36(49(8)29(2)3)47-34(32)26-42-15-16-43-37(52)13-17-55-19-21-57-23-24-58-22-20-56-18-14-38(53)45-30(4)41(5,6)7/h10-12,25,28-30,42H,9,13-24,26-27H2,1-8H3,(H,43,52)(H,45,53)/t30-/m1/s1. The van der Waals surface area contributed by atoms with E-state index in [1.165, 1.54) is 0 Å². The molecule has 3 aromatic heterocycles. The van der Waals surface area contributed by atoms with Crippen molar-refractivity contribution >= 4 is 29.4 Å². The number of aryl methyl sites for hydroxylation is 1. The first-order chi connectivity index (χ1) is 27.8. The molecule has 0 saturated carbocycles. The van der Waals surface area contributed by atoms with Gasteiger partial charge in [0.15, 0.2) is 5.82 Å². The molecular formula is C41H64N10O7. The fourth-order valence-electron chi connectivity index (χ4n) is 5.72. The van der Waals surface area contributed by atoms with Crippen LogP contribution in [0.25, 0.3) is 11.5 Å². The van der Waals surface area contributed by atoms with Crippen molar-refractivity contribution in [3.05, 3.63) is 47.4 Å². The molecule has 3 N–H and O–H groups in total. The van der Waals surface area contributed by atoms with Crippen molar-refractivity contribution in [2.24, 2.45) is 5.41 Å². The predicted octanol–water partition coefficient (Wildman–Crippen LogP) is 3.36. The van der Waals surface area contributed by atoms with E-state index in [2.05, 4.69) is 60.8 Å². The van der Waals surface area contributed by atoms with E-state index in [0.29, 0.717) is 114 Å². The summed E-state index contributed by atoms with van der Waals surface area (Å²) in [7, 11) is 1.96. The van der Waals surface area contributed by atoms with Crippen molar-refractivity contribution < 1.29 is 33.3 Å². The first-order valence-electron chi connectivity index (χ1n) is 20.3. The summed E-state index contributed by atoms with van der Waals surface area (Å²) in [5.41, 5.74) is 2.89. The van der Waals surface area contributed by atoms with Crippen LogP contribution in [0, 0.1) is 5.41 Å². The molecule has 17 heteroatoms. The van der Waals surface area contributed by atoms with Gasteiger partial charge in [-0.1, -0.05) is 26.8 Å². The molecule has 320 valence electrons. The van der Waals surface area contributed by atoms with Gasteiger partial charge in [-0.2, -0.15) is 0 Å². The number of nitrogens with one attached hydrogen (secondary N) is 3. The quantitative estimate of drug-likeness (QED) is 0.100. The Morgan fingerprint density at radius 2 is 1.53 bits per heavy atom. The first-order valence-corrected chi connectivity index (χ1v) is 20.3. The van der Waals surface area contributed by atoms with Crippen molar-refractivity contribution in [2.45, 2.75) is 93.0 Å². The molecule has 0 saturated heterocycles. The summed E-state index contributed by atoms with van der Waals surface area (Å²) in [5.74, 6) is 1.64. The highest BCUT2D eigenvalue weighted by molar-refractivity contribution is 6.10. The van der Waals surface area contributed by atoms with Crippen LogP contribution in [0.15, 0.2) is 30.6 Å². The maximum Gasteiger partial charge on any atom is 0.260 e. The second kappa shape index (κ2) is 23.1. The summed E-state index contributed by atoms with van der Waals surface area (Å²) < 4.78 is 24.0. The zero-order chi connectivity index (χ0) is 42.1. The van der Waals surface area contributed by atoms with E-state index in [1.807, 2.05) is 54.6 Å². The van der Waals surface area contributed by atoms with E-state index >= 15 is 0 Å². The van der Waals surface area contributed by atoms with Crippen LogP contribution in [0.5, 0.6) is 0 Å². The lowest BCUT2D eigenvalue weighted by Gasteiger charge is -2.28. The highest BCUT2D eigenvalue weighted by Gasteiger charge is 2.33.